The molecule has 30 heavy (non-hydrogen) atoms. The number of aromatic nitrogens is 1. The summed E-state index contributed by atoms with van der Waals surface area (Å²) in [6, 6.07) is 12.7. The van der Waals surface area contributed by atoms with E-state index in [1.807, 2.05) is 30.3 Å². The third kappa shape index (κ3) is 4.11. The molecule has 1 fully saturated rings. The topological polar surface area (TPSA) is 89.7 Å². The van der Waals surface area contributed by atoms with E-state index in [-0.39, 0.29) is 29.1 Å². The molecule has 2 aromatic carbocycles. The molecule has 8 heteroatoms. The molecule has 0 N–H and O–H groups in total. The number of hydrogen-bond acceptors (Lipinski definition) is 6. The number of ether oxygens (including phenoxy) is 1. The zero-order valence-electron chi connectivity index (χ0n) is 16.8. The van der Waals surface area contributed by atoms with Gasteiger partial charge in [0.05, 0.1) is 18.6 Å². The van der Waals surface area contributed by atoms with Crippen LogP contribution in [0.3, 0.4) is 0 Å². The van der Waals surface area contributed by atoms with Crippen molar-refractivity contribution >= 4 is 26.8 Å². The zero-order chi connectivity index (χ0) is 21.1. The van der Waals surface area contributed by atoms with Crippen LogP contribution in [0, 0.1) is 0 Å². The van der Waals surface area contributed by atoms with Crippen LogP contribution in [0.15, 0.2) is 58.0 Å². The van der Waals surface area contributed by atoms with Crippen molar-refractivity contribution in [2.45, 2.75) is 49.6 Å². The molecule has 1 aliphatic carbocycles. The van der Waals surface area contributed by atoms with E-state index >= 15 is 0 Å². The van der Waals surface area contributed by atoms with Crippen molar-refractivity contribution in [1.29, 1.82) is 0 Å². The van der Waals surface area contributed by atoms with Gasteiger partial charge in [-0.1, -0.05) is 49.6 Å². The number of fused-ring (bicyclic) bond motifs is 1. The van der Waals surface area contributed by atoms with Crippen LogP contribution in [-0.4, -0.2) is 36.8 Å². The number of hydrogen-bond donors (Lipinski definition) is 0. The summed E-state index contributed by atoms with van der Waals surface area (Å²) in [5, 5.41) is 1.85. The first-order valence-corrected chi connectivity index (χ1v) is 11.5. The smallest absolute Gasteiger partial charge is 0.360 e. The summed E-state index contributed by atoms with van der Waals surface area (Å²) in [6.07, 6.45) is 5.84. The molecule has 0 radical (unpaired) electrons. The van der Waals surface area contributed by atoms with Crippen molar-refractivity contribution in [2.75, 3.05) is 7.11 Å². The maximum absolute atomic E-state index is 13.6. The quantitative estimate of drug-likeness (QED) is 0.548. The van der Waals surface area contributed by atoms with Gasteiger partial charge in [0.25, 0.3) is 0 Å². The Labute approximate surface area is 175 Å². The van der Waals surface area contributed by atoms with Crippen LogP contribution < -0.4 is 0 Å². The average Bonchev–Trinajstić information content (AvgIpc) is 3.26. The molecule has 0 atom stereocenters. The van der Waals surface area contributed by atoms with Gasteiger partial charge in [-0.3, -0.25) is 0 Å². The molecular formula is C22H24N2O5S. The van der Waals surface area contributed by atoms with E-state index < -0.39 is 16.0 Å². The Bertz CT molecular complexity index is 1150. The Kier molecular flexibility index (Phi) is 5.87. The second-order valence-electron chi connectivity index (χ2n) is 7.47. The van der Waals surface area contributed by atoms with E-state index in [4.69, 9.17) is 4.42 Å². The lowest BCUT2D eigenvalue weighted by Crippen LogP contribution is -2.41. The third-order valence-corrected chi connectivity index (χ3v) is 7.44. The molecule has 0 amide bonds. The fourth-order valence-corrected chi connectivity index (χ4v) is 5.63. The fourth-order valence-electron chi connectivity index (χ4n) is 3.96. The first-order valence-electron chi connectivity index (χ1n) is 10.0. The highest BCUT2D eigenvalue weighted by Crippen LogP contribution is 2.30. The van der Waals surface area contributed by atoms with E-state index in [2.05, 4.69) is 9.72 Å². The predicted molar refractivity (Wildman–Crippen MR) is 111 cm³/mol. The maximum atomic E-state index is 13.6. The second kappa shape index (κ2) is 8.57. The van der Waals surface area contributed by atoms with Gasteiger partial charge in [-0.05, 0) is 35.7 Å². The summed E-state index contributed by atoms with van der Waals surface area (Å²) in [4.78, 5) is 16.0. The number of benzene rings is 2. The number of oxazole rings is 1. The van der Waals surface area contributed by atoms with Crippen LogP contribution in [0.5, 0.6) is 0 Å². The normalized spacial score (nSPS) is 15.5. The standard InChI is InChI=1S/C22H24N2O5S/c1-28-22(25)20-15-29-21(23-20)14-24(18-9-3-2-4-10-18)30(26,27)19-12-11-16-7-5-6-8-17(16)13-19/h5-8,11-13,15,18H,2-4,9-10,14H2,1H3. The van der Waals surface area contributed by atoms with Gasteiger partial charge in [-0.25, -0.2) is 18.2 Å². The highest BCUT2D eigenvalue weighted by atomic mass is 32.2. The number of rotatable bonds is 6. The van der Waals surface area contributed by atoms with Gasteiger partial charge in [-0.2, -0.15) is 4.31 Å². The molecule has 1 saturated carbocycles. The SMILES string of the molecule is COC(=O)c1coc(CN(C2CCCCC2)S(=O)(=O)c2ccc3ccccc3c2)n1. The first-order chi connectivity index (χ1) is 14.5. The average molecular weight is 429 g/mol. The predicted octanol–water partition coefficient (Wildman–Crippen LogP) is 4.14. The number of methoxy groups -OCH3 is 1. The van der Waals surface area contributed by atoms with E-state index in [0.29, 0.717) is 0 Å². The summed E-state index contributed by atoms with van der Waals surface area (Å²) >= 11 is 0. The summed E-state index contributed by atoms with van der Waals surface area (Å²) in [5.74, 6) is -0.447. The molecule has 0 spiro atoms. The molecule has 0 bridgehead atoms. The highest BCUT2D eigenvalue weighted by Gasteiger charge is 2.34. The molecule has 1 aromatic heterocycles. The zero-order valence-corrected chi connectivity index (χ0v) is 17.6. The number of esters is 1. The van der Waals surface area contributed by atoms with Gasteiger partial charge in [-0.15, -0.1) is 0 Å². The molecular weight excluding hydrogens is 404 g/mol. The molecule has 0 aliphatic heterocycles. The van der Waals surface area contributed by atoms with Gasteiger partial charge in [0.15, 0.2) is 5.69 Å². The summed E-state index contributed by atoms with van der Waals surface area (Å²) in [6.45, 7) is -0.0309. The Morgan fingerprint density at radius 3 is 2.60 bits per heavy atom. The Morgan fingerprint density at radius 2 is 1.87 bits per heavy atom. The van der Waals surface area contributed by atoms with Crippen molar-refractivity contribution in [3.63, 3.8) is 0 Å². The lowest BCUT2D eigenvalue weighted by atomic mass is 9.95. The van der Waals surface area contributed by atoms with Gasteiger partial charge < -0.3 is 9.15 Å². The Morgan fingerprint density at radius 1 is 1.13 bits per heavy atom. The minimum atomic E-state index is -3.79. The van der Waals surface area contributed by atoms with Crippen molar-refractivity contribution in [3.8, 4) is 0 Å². The van der Waals surface area contributed by atoms with E-state index in [1.165, 1.54) is 17.7 Å². The lowest BCUT2D eigenvalue weighted by molar-refractivity contribution is 0.0594. The van der Waals surface area contributed by atoms with Crippen LogP contribution in [0.2, 0.25) is 0 Å². The van der Waals surface area contributed by atoms with Gasteiger partial charge in [0, 0.05) is 6.04 Å². The minimum absolute atomic E-state index is 0.0270. The van der Waals surface area contributed by atoms with Gasteiger partial charge >= 0.3 is 5.97 Å². The van der Waals surface area contributed by atoms with Crippen LogP contribution in [-0.2, 0) is 21.3 Å². The van der Waals surface area contributed by atoms with Crippen molar-refractivity contribution in [3.05, 3.63) is 60.3 Å². The Hall–Kier alpha value is -2.71. The van der Waals surface area contributed by atoms with E-state index in [9.17, 15) is 13.2 Å². The van der Waals surface area contributed by atoms with E-state index in [1.54, 1.807) is 12.1 Å². The summed E-state index contributed by atoms with van der Waals surface area (Å²) in [7, 11) is -2.53. The minimum Gasteiger partial charge on any atom is -0.464 e. The molecule has 1 aliphatic rings. The largest absolute Gasteiger partial charge is 0.464 e. The number of carbonyl (C=O) groups is 1. The van der Waals surface area contributed by atoms with Gasteiger partial charge in [0.1, 0.15) is 6.26 Å². The van der Waals surface area contributed by atoms with Crippen molar-refractivity contribution in [1.82, 2.24) is 9.29 Å². The molecule has 7 nitrogen and oxygen atoms in total. The van der Waals surface area contributed by atoms with Crippen molar-refractivity contribution in [2.24, 2.45) is 0 Å². The van der Waals surface area contributed by atoms with Crippen LogP contribution in [0.4, 0.5) is 0 Å². The Balaban J connectivity index is 1.70. The first kappa shape index (κ1) is 20.6. The van der Waals surface area contributed by atoms with Crippen molar-refractivity contribution < 1.29 is 22.4 Å². The second-order valence-corrected chi connectivity index (χ2v) is 9.36. The van der Waals surface area contributed by atoms with Crippen LogP contribution in [0.25, 0.3) is 10.8 Å². The lowest BCUT2D eigenvalue weighted by Gasteiger charge is -2.32. The molecule has 1 heterocycles. The van der Waals surface area contributed by atoms with Gasteiger partial charge in [0.2, 0.25) is 15.9 Å². The van der Waals surface area contributed by atoms with E-state index in [0.717, 1.165) is 42.9 Å². The summed E-state index contributed by atoms with van der Waals surface area (Å²) in [5.41, 5.74) is 0.0270. The molecule has 158 valence electrons. The number of sulfonamides is 1. The monoisotopic (exact) mass is 428 g/mol. The highest BCUT2D eigenvalue weighted by molar-refractivity contribution is 7.89. The number of nitrogens with zero attached hydrogens (tertiary/aromatic N) is 2. The molecule has 0 unspecified atom stereocenters. The number of carbonyl (C=O) groups excluding carboxylic acids is 1. The van der Waals surface area contributed by atoms with Crippen LogP contribution >= 0.6 is 0 Å². The van der Waals surface area contributed by atoms with Crippen LogP contribution in [0.1, 0.15) is 48.5 Å². The summed E-state index contributed by atoms with van der Waals surface area (Å²) < 4.78 is 38.8. The molecule has 3 aromatic rings. The third-order valence-electron chi connectivity index (χ3n) is 5.55. The molecule has 4 rings (SSSR count). The fraction of sp³-hybridized carbons (Fsp3) is 0.364. The maximum Gasteiger partial charge on any atom is 0.360 e. The molecule has 0 saturated heterocycles.